The van der Waals surface area contributed by atoms with Crippen LogP contribution in [0.15, 0.2) is 47.6 Å². The first-order valence-electron chi connectivity index (χ1n) is 10.1. The lowest BCUT2D eigenvalue weighted by Gasteiger charge is -2.21. The number of nitriles is 1. The fraction of sp³-hybridized carbons (Fsp3) is 0.364. The molecule has 2 aromatic heterocycles. The number of hydrogen-bond acceptors (Lipinski definition) is 5. The van der Waals surface area contributed by atoms with Crippen LogP contribution < -0.4 is 10.0 Å². The van der Waals surface area contributed by atoms with Crippen molar-refractivity contribution in [3.63, 3.8) is 0 Å². The largest absolute Gasteiger partial charge is 0.380 e. The molecule has 0 amide bonds. The van der Waals surface area contributed by atoms with E-state index in [1.165, 1.54) is 0 Å². The van der Waals surface area contributed by atoms with Crippen molar-refractivity contribution in [3.8, 4) is 6.07 Å². The SMILES string of the molecule is CC[C@@H]1CC(NS(=O)(=O)c2cccc(C)c2)C[C@@H]1Nc1c(C#N)cnc2[nH]ccc12. The summed E-state index contributed by atoms with van der Waals surface area (Å²) in [5.74, 6) is 0.295. The molecule has 1 aliphatic carbocycles. The van der Waals surface area contributed by atoms with Crippen LogP contribution in [0.1, 0.15) is 37.3 Å². The number of aromatic amines is 1. The van der Waals surface area contributed by atoms with Crippen LogP contribution in [0, 0.1) is 24.2 Å². The molecule has 1 unspecified atom stereocenters. The molecule has 1 aromatic carbocycles. The fourth-order valence-corrected chi connectivity index (χ4v) is 5.72. The number of benzene rings is 1. The first kappa shape index (κ1) is 20.4. The molecule has 0 bridgehead atoms. The number of sulfonamides is 1. The third kappa shape index (κ3) is 3.91. The van der Waals surface area contributed by atoms with Gasteiger partial charge in [0, 0.05) is 29.9 Å². The molecule has 0 spiro atoms. The van der Waals surface area contributed by atoms with E-state index < -0.39 is 10.0 Å². The summed E-state index contributed by atoms with van der Waals surface area (Å²) >= 11 is 0. The normalized spacial score (nSPS) is 21.6. The second-order valence-electron chi connectivity index (χ2n) is 7.92. The number of hydrogen-bond donors (Lipinski definition) is 3. The van der Waals surface area contributed by atoms with Gasteiger partial charge in [-0.05, 0) is 49.4 Å². The van der Waals surface area contributed by atoms with Crippen LogP contribution in [0.3, 0.4) is 0 Å². The lowest BCUT2D eigenvalue weighted by Crippen LogP contribution is -2.34. The van der Waals surface area contributed by atoms with Crippen LogP contribution in [0.4, 0.5) is 5.69 Å². The molecule has 1 fully saturated rings. The molecule has 156 valence electrons. The standard InChI is InChI=1S/C22H25N5O2S/c1-3-15-10-17(27-30(28,29)18-6-4-5-14(2)9-18)11-20(15)26-21-16(12-23)13-25-22-19(21)7-8-24-22/h4-9,13,15,17,20,27H,3,10-11H2,1-2H3,(H2,24,25,26)/t15-,17?,20+/m1/s1. The fourth-order valence-electron chi connectivity index (χ4n) is 4.35. The zero-order valence-corrected chi connectivity index (χ0v) is 17.8. The van der Waals surface area contributed by atoms with Crippen molar-refractivity contribution >= 4 is 26.7 Å². The lowest BCUT2D eigenvalue weighted by atomic mass is 10.00. The minimum Gasteiger partial charge on any atom is -0.380 e. The summed E-state index contributed by atoms with van der Waals surface area (Å²) < 4.78 is 28.6. The first-order valence-corrected chi connectivity index (χ1v) is 11.6. The highest BCUT2D eigenvalue weighted by Crippen LogP contribution is 2.35. The Morgan fingerprint density at radius 1 is 1.30 bits per heavy atom. The Morgan fingerprint density at radius 3 is 2.87 bits per heavy atom. The number of fused-ring (bicyclic) bond motifs is 1. The molecular weight excluding hydrogens is 398 g/mol. The molecular formula is C22H25N5O2S. The second-order valence-corrected chi connectivity index (χ2v) is 9.64. The highest BCUT2D eigenvalue weighted by molar-refractivity contribution is 7.89. The predicted molar refractivity (Wildman–Crippen MR) is 117 cm³/mol. The van der Waals surface area contributed by atoms with Crippen molar-refractivity contribution in [2.75, 3.05) is 5.32 Å². The Morgan fingerprint density at radius 2 is 2.13 bits per heavy atom. The quantitative estimate of drug-likeness (QED) is 0.560. The number of nitrogens with one attached hydrogen (secondary N) is 3. The first-order chi connectivity index (χ1) is 14.4. The number of aromatic nitrogens is 2. The Hall–Kier alpha value is -2.89. The van der Waals surface area contributed by atoms with Gasteiger partial charge in [0.1, 0.15) is 11.7 Å². The van der Waals surface area contributed by atoms with Gasteiger partial charge < -0.3 is 10.3 Å². The summed E-state index contributed by atoms with van der Waals surface area (Å²) in [6.07, 6.45) is 5.69. The van der Waals surface area contributed by atoms with E-state index in [1.807, 2.05) is 19.1 Å². The Kier molecular flexibility index (Phi) is 5.50. The van der Waals surface area contributed by atoms with Crippen molar-refractivity contribution in [1.29, 1.82) is 5.26 Å². The molecule has 0 saturated heterocycles. The van der Waals surface area contributed by atoms with Crippen LogP contribution in [0.25, 0.3) is 11.0 Å². The van der Waals surface area contributed by atoms with Gasteiger partial charge in [0.05, 0.1) is 16.1 Å². The maximum atomic E-state index is 12.9. The monoisotopic (exact) mass is 423 g/mol. The number of rotatable bonds is 6. The average molecular weight is 424 g/mol. The summed E-state index contributed by atoms with van der Waals surface area (Å²) in [6.45, 7) is 3.99. The molecule has 0 radical (unpaired) electrons. The molecule has 30 heavy (non-hydrogen) atoms. The Balaban J connectivity index is 1.56. The third-order valence-electron chi connectivity index (χ3n) is 5.88. The van der Waals surface area contributed by atoms with E-state index in [0.29, 0.717) is 22.8 Å². The average Bonchev–Trinajstić information content (AvgIpc) is 3.34. The predicted octanol–water partition coefficient (Wildman–Crippen LogP) is 3.69. The van der Waals surface area contributed by atoms with Gasteiger partial charge in [0.15, 0.2) is 0 Å². The summed E-state index contributed by atoms with van der Waals surface area (Å²) in [6, 6.07) is 11.0. The molecule has 0 aliphatic heterocycles. The van der Waals surface area contributed by atoms with Crippen molar-refractivity contribution < 1.29 is 8.42 Å². The van der Waals surface area contributed by atoms with Gasteiger partial charge in [0.2, 0.25) is 10.0 Å². The van der Waals surface area contributed by atoms with E-state index in [4.69, 9.17) is 0 Å². The molecule has 1 saturated carbocycles. The highest BCUT2D eigenvalue weighted by atomic mass is 32.2. The lowest BCUT2D eigenvalue weighted by molar-refractivity contribution is 0.480. The maximum Gasteiger partial charge on any atom is 0.240 e. The molecule has 1 aliphatic rings. The summed E-state index contributed by atoms with van der Waals surface area (Å²) in [4.78, 5) is 7.65. The molecule has 3 atom stereocenters. The van der Waals surface area contributed by atoms with Crippen LogP contribution in [0.2, 0.25) is 0 Å². The summed E-state index contributed by atoms with van der Waals surface area (Å²) in [5.41, 5.74) is 2.88. The minimum atomic E-state index is -3.58. The van der Waals surface area contributed by atoms with Crippen molar-refractivity contribution in [3.05, 3.63) is 53.9 Å². The van der Waals surface area contributed by atoms with Crippen molar-refractivity contribution in [2.24, 2.45) is 5.92 Å². The van der Waals surface area contributed by atoms with E-state index in [2.05, 4.69) is 33.0 Å². The second kappa shape index (κ2) is 8.09. The van der Waals surface area contributed by atoms with Gasteiger partial charge >= 0.3 is 0 Å². The van der Waals surface area contributed by atoms with Crippen LogP contribution >= 0.6 is 0 Å². The van der Waals surface area contributed by atoms with Gasteiger partial charge in [-0.15, -0.1) is 0 Å². The van der Waals surface area contributed by atoms with Gasteiger partial charge in [-0.1, -0.05) is 25.5 Å². The van der Waals surface area contributed by atoms with E-state index in [0.717, 1.165) is 35.1 Å². The summed E-state index contributed by atoms with van der Waals surface area (Å²) in [5, 5.41) is 13.9. The van der Waals surface area contributed by atoms with Gasteiger partial charge in [0.25, 0.3) is 0 Å². The molecule has 4 rings (SSSR count). The number of pyridine rings is 1. The zero-order valence-electron chi connectivity index (χ0n) is 17.0. The molecule has 3 N–H and O–H groups in total. The molecule has 2 heterocycles. The van der Waals surface area contributed by atoms with E-state index in [-0.39, 0.29) is 12.1 Å². The van der Waals surface area contributed by atoms with Crippen molar-refractivity contribution in [1.82, 2.24) is 14.7 Å². The van der Waals surface area contributed by atoms with Gasteiger partial charge in [-0.25, -0.2) is 18.1 Å². The van der Waals surface area contributed by atoms with Gasteiger partial charge in [-0.2, -0.15) is 5.26 Å². The third-order valence-corrected chi connectivity index (χ3v) is 7.40. The summed E-state index contributed by atoms with van der Waals surface area (Å²) in [7, 11) is -3.58. The minimum absolute atomic E-state index is 0.0628. The number of nitrogens with zero attached hydrogens (tertiary/aromatic N) is 2. The van der Waals surface area contributed by atoms with Crippen molar-refractivity contribution in [2.45, 2.75) is 50.1 Å². The van der Waals surface area contributed by atoms with Gasteiger partial charge in [-0.3, -0.25) is 0 Å². The van der Waals surface area contributed by atoms with Crippen LogP contribution in [-0.2, 0) is 10.0 Å². The van der Waals surface area contributed by atoms with Crippen LogP contribution in [-0.4, -0.2) is 30.5 Å². The van der Waals surface area contributed by atoms with E-state index in [9.17, 15) is 13.7 Å². The zero-order chi connectivity index (χ0) is 21.3. The number of aryl methyl sites for hydroxylation is 1. The Bertz CT molecular complexity index is 1210. The molecule has 7 nitrogen and oxygen atoms in total. The Labute approximate surface area is 176 Å². The number of anilines is 1. The highest BCUT2D eigenvalue weighted by Gasteiger charge is 2.36. The van der Waals surface area contributed by atoms with E-state index in [1.54, 1.807) is 30.6 Å². The van der Waals surface area contributed by atoms with E-state index >= 15 is 0 Å². The smallest absolute Gasteiger partial charge is 0.240 e. The topological polar surface area (TPSA) is 111 Å². The molecule has 3 aromatic rings. The maximum absolute atomic E-state index is 12.9. The van der Waals surface area contributed by atoms with Crippen LogP contribution in [0.5, 0.6) is 0 Å². The molecule has 8 heteroatoms. The number of H-pyrrole nitrogens is 1.